The molecule has 0 radical (unpaired) electrons. The Morgan fingerprint density at radius 3 is 1.38 bits per heavy atom. The topological polar surface area (TPSA) is 130 Å². The zero-order valence-electron chi connectivity index (χ0n) is 33.4. The molecule has 0 aliphatic heterocycles. The molecule has 0 aromatic heterocycles. The van der Waals surface area contributed by atoms with E-state index in [1.165, 1.54) is 12.2 Å². The molecule has 1 aliphatic rings. The highest BCUT2D eigenvalue weighted by Gasteiger charge is 2.20. The molecule has 0 N–H and O–H groups in total. The predicted octanol–water partition coefficient (Wildman–Crippen LogP) is 10.5. The van der Waals surface area contributed by atoms with Crippen LogP contribution >= 0.6 is 0 Å². The van der Waals surface area contributed by atoms with Crippen molar-refractivity contribution in [1.29, 1.82) is 0 Å². The van der Waals surface area contributed by atoms with Crippen LogP contribution < -0.4 is 0 Å². The Bertz CT molecular complexity index is 1630. The fraction of sp³-hybridized carbons (Fsp3) is 0.304. The van der Waals surface area contributed by atoms with Crippen molar-refractivity contribution in [2.45, 2.75) is 81.1 Å². The van der Waals surface area contributed by atoms with Gasteiger partial charge >= 0.3 is 35.8 Å². The zero-order chi connectivity index (χ0) is 41.4. The van der Waals surface area contributed by atoms with Crippen LogP contribution in [0.5, 0.6) is 0 Å². The SMILES string of the molecule is CC.CC.CCC(C)C(=O)OC(=O)C(C)CC.O=C(/C=C/C1=CCCC=C1)OC(=O)/C=C/c1ccccc1.O=C(OC(=O)c1ccccc1)c1ccccc1. The van der Waals surface area contributed by atoms with Gasteiger partial charge in [0.2, 0.25) is 0 Å². The van der Waals surface area contributed by atoms with Crippen molar-refractivity contribution >= 4 is 41.9 Å². The van der Waals surface area contributed by atoms with Gasteiger partial charge in [0.1, 0.15) is 0 Å². The number of carbonyl (C=O) groups is 6. The highest BCUT2D eigenvalue weighted by molar-refractivity contribution is 6.02. The van der Waals surface area contributed by atoms with E-state index < -0.39 is 35.8 Å². The van der Waals surface area contributed by atoms with E-state index in [0.29, 0.717) is 24.0 Å². The third-order valence-corrected chi connectivity index (χ3v) is 7.28. The largest absolute Gasteiger partial charge is 0.393 e. The summed E-state index contributed by atoms with van der Waals surface area (Å²) in [6.45, 7) is 15.3. The fourth-order valence-electron chi connectivity index (χ4n) is 3.80. The van der Waals surface area contributed by atoms with E-state index in [-0.39, 0.29) is 11.8 Å². The summed E-state index contributed by atoms with van der Waals surface area (Å²) in [6.07, 6.45) is 15.1. The van der Waals surface area contributed by atoms with Crippen LogP contribution in [0.2, 0.25) is 0 Å². The van der Waals surface area contributed by atoms with Crippen molar-refractivity contribution < 1.29 is 43.0 Å². The van der Waals surface area contributed by atoms with Gasteiger partial charge in [-0.25, -0.2) is 19.2 Å². The minimum Gasteiger partial charge on any atom is -0.393 e. The maximum absolute atomic E-state index is 11.6. The molecule has 4 rings (SSSR count). The van der Waals surface area contributed by atoms with Gasteiger partial charge in [-0.2, -0.15) is 0 Å². The van der Waals surface area contributed by atoms with E-state index in [1.807, 2.05) is 90.1 Å². The summed E-state index contributed by atoms with van der Waals surface area (Å²) in [4.78, 5) is 68.5. The maximum atomic E-state index is 11.6. The molecule has 2 unspecified atom stereocenters. The van der Waals surface area contributed by atoms with Crippen LogP contribution in [0.4, 0.5) is 0 Å². The van der Waals surface area contributed by atoms with Gasteiger partial charge in [0, 0.05) is 12.2 Å². The number of hydrogen-bond acceptors (Lipinski definition) is 9. The van der Waals surface area contributed by atoms with Crippen LogP contribution in [-0.4, -0.2) is 35.8 Å². The van der Waals surface area contributed by atoms with Crippen LogP contribution in [0.3, 0.4) is 0 Å². The van der Waals surface area contributed by atoms with E-state index in [4.69, 9.17) is 4.74 Å². The van der Waals surface area contributed by atoms with Crippen LogP contribution in [0.25, 0.3) is 6.08 Å². The predicted molar refractivity (Wildman–Crippen MR) is 218 cm³/mol. The summed E-state index contributed by atoms with van der Waals surface area (Å²) < 4.78 is 14.1. The Balaban J connectivity index is 0.000000780. The zero-order valence-corrected chi connectivity index (χ0v) is 33.4. The Hall–Kier alpha value is -5.96. The first kappa shape index (κ1) is 49.0. The molecule has 0 fully saturated rings. The fourth-order valence-corrected chi connectivity index (χ4v) is 3.80. The van der Waals surface area contributed by atoms with E-state index in [1.54, 1.807) is 86.7 Å². The van der Waals surface area contributed by atoms with Crippen molar-refractivity contribution in [3.63, 3.8) is 0 Å². The lowest BCUT2D eigenvalue weighted by Crippen LogP contribution is -2.22. The van der Waals surface area contributed by atoms with Gasteiger partial charge in [-0.15, -0.1) is 0 Å². The molecular formula is C46H56O9. The highest BCUT2D eigenvalue weighted by atomic mass is 16.6. The molecule has 0 saturated heterocycles. The molecule has 0 heterocycles. The number of benzene rings is 3. The van der Waals surface area contributed by atoms with Gasteiger partial charge in [0.15, 0.2) is 0 Å². The monoisotopic (exact) mass is 752 g/mol. The van der Waals surface area contributed by atoms with E-state index >= 15 is 0 Å². The van der Waals surface area contributed by atoms with Crippen molar-refractivity contribution in [3.8, 4) is 0 Å². The lowest BCUT2D eigenvalue weighted by atomic mass is 10.1. The molecule has 2 atom stereocenters. The molecule has 3 aromatic rings. The molecule has 1 aliphatic carbocycles. The second-order valence-electron chi connectivity index (χ2n) is 11.3. The number of rotatable bonds is 10. The summed E-state index contributed by atoms with van der Waals surface area (Å²) in [5.74, 6) is -3.82. The second kappa shape index (κ2) is 30.5. The number of esters is 6. The Kier molecular flexibility index (Phi) is 27.2. The van der Waals surface area contributed by atoms with Crippen molar-refractivity contribution in [2.24, 2.45) is 11.8 Å². The van der Waals surface area contributed by atoms with E-state index in [0.717, 1.165) is 24.0 Å². The van der Waals surface area contributed by atoms with Gasteiger partial charge < -0.3 is 14.2 Å². The quantitative estimate of drug-likeness (QED) is 0.0859. The first-order valence-corrected chi connectivity index (χ1v) is 18.7. The maximum Gasteiger partial charge on any atom is 0.346 e. The third-order valence-electron chi connectivity index (χ3n) is 7.28. The number of carbonyl (C=O) groups excluding carboxylic acids is 6. The van der Waals surface area contributed by atoms with Crippen LogP contribution in [0.15, 0.2) is 133 Å². The lowest BCUT2D eigenvalue weighted by molar-refractivity contribution is -0.165. The molecule has 3 aromatic carbocycles. The molecular weight excluding hydrogens is 696 g/mol. The lowest BCUT2D eigenvalue weighted by Gasteiger charge is -2.10. The highest BCUT2D eigenvalue weighted by Crippen LogP contribution is 2.11. The standard InChI is InChI=1S/C18H16O3.C14H10O3.C10H18O3.2C2H6/c19-17(13-11-15-7-3-1-4-8-15)21-18(20)14-12-16-9-5-2-6-10-16;15-13(11-7-3-1-4-8-11)17-14(16)12-9-5-2-6-10-12;1-5-7(3)9(11)13-10(12)8(4)6-2;2*1-2/h1,3-5,7-14H,2,6H2;1-10H;7-8H,5-6H2,1-4H3;2*1-2H3/b13-11+,14-12+;;;;. The smallest absolute Gasteiger partial charge is 0.346 e. The Morgan fingerprint density at radius 2 is 0.982 bits per heavy atom. The summed E-state index contributed by atoms with van der Waals surface area (Å²) >= 11 is 0. The molecule has 0 spiro atoms. The summed E-state index contributed by atoms with van der Waals surface area (Å²) in [5.41, 5.74) is 2.54. The molecule has 294 valence electrons. The van der Waals surface area contributed by atoms with Crippen LogP contribution in [0.1, 0.15) is 107 Å². The first-order chi connectivity index (χ1) is 26.5. The second-order valence-corrected chi connectivity index (χ2v) is 11.3. The Morgan fingerprint density at radius 1 is 0.564 bits per heavy atom. The van der Waals surface area contributed by atoms with Gasteiger partial charge in [0.05, 0.1) is 23.0 Å². The normalized spacial score (nSPS) is 12.2. The average molecular weight is 753 g/mol. The van der Waals surface area contributed by atoms with Crippen molar-refractivity contribution in [3.05, 3.63) is 150 Å². The molecule has 0 saturated carbocycles. The van der Waals surface area contributed by atoms with Gasteiger partial charge in [0.25, 0.3) is 0 Å². The van der Waals surface area contributed by atoms with Gasteiger partial charge in [-0.1, -0.05) is 140 Å². The third kappa shape index (κ3) is 22.0. The number of allylic oxidation sites excluding steroid dienone is 5. The summed E-state index contributed by atoms with van der Waals surface area (Å²) in [7, 11) is 0. The van der Waals surface area contributed by atoms with Gasteiger partial charge in [-0.05, 0) is 73.2 Å². The average Bonchev–Trinajstić information content (AvgIpc) is 3.24. The summed E-state index contributed by atoms with van der Waals surface area (Å²) in [5, 5.41) is 0. The number of ether oxygens (including phenoxy) is 3. The van der Waals surface area contributed by atoms with Gasteiger partial charge in [-0.3, -0.25) is 9.59 Å². The van der Waals surface area contributed by atoms with Crippen LogP contribution in [-0.2, 0) is 33.4 Å². The van der Waals surface area contributed by atoms with Crippen LogP contribution in [0, 0.1) is 11.8 Å². The minimum absolute atomic E-state index is 0.187. The van der Waals surface area contributed by atoms with E-state index in [9.17, 15) is 28.8 Å². The molecule has 55 heavy (non-hydrogen) atoms. The Labute approximate surface area is 326 Å². The molecule has 0 bridgehead atoms. The molecule has 9 nitrogen and oxygen atoms in total. The molecule has 0 amide bonds. The van der Waals surface area contributed by atoms with E-state index in [2.05, 4.69) is 9.47 Å². The van der Waals surface area contributed by atoms with Crippen molar-refractivity contribution in [2.75, 3.05) is 0 Å². The van der Waals surface area contributed by atoms with Crippen molar-refractivity contribution in [1.82, 2.24) is 0 Å². The molecule has 9 heteroatoms. The number of hydrogen-bond donors (Lipinski definition) is 0. The minimum atomic E-state index is -0.679. The first-order valence-electron chi connectivity index (χ1n) is 18.7. The summed E-state index contributed by atoms with van der Waals surface area (Å²) in [6, 6.07) is 26.1.